The molecule has 0 aromatic heterocycles. The van der Waals surface area contributed by atoms with Gasteiger partial charge in [-0.15, -0.1) is 0 Å². The second-order valence-electron chi connectivity index (χ2n) is 6.56. The van der Waals surface area contributed by atoms with E-state index in [0.29, 0.717) is 18.7 Å². The lowest BCUT2D eigenvalue weighted by molar-refractivity contribution is -0.116. The van der Waals surface area contributed by atoms with Gasteiger partial charge < -0.3 is 20.1 Å². The molecule has 0 saturated carbocycles. The zero-order valence-corrected chi connectivity index (χ0v) is 15.6. The summed E-state index contributed by atoms with van der Waals surface area (Å²) in [6, 6.07) is 6.08. The molecule has 7 heteroatoms. The number of rotatable bonds is 7. The van der Waals surface area contributed by atoms with E-state index in [1.165, 1.54) is 30.3 Å². The molecule has 0 aliphatic heterocycles. The van der Waals surface area contributed by atoms with Crippen LogP contribution in [0.1, 0.15) is 38.1 Å². The fraction of sp³-hybridized carbons (Fsp3) is 0.421. The highest BCUT2D eigenvalue weighted by atomic mass is 16.7. The molecular formula is C19H26N2O5. The van der Waals surface area contributed by atoms with Gasteiger partial charge in [0.15, 0.2) is 0 Å². The molecule has 0 spiro atoms. The van der Waals surface area contributed by atoms with Gasteiger partial charge in [0.2, 0.25) is 5.91 Å². The summed E-state index contributed by atoms with van der Waals surface area (Å²) in [5, 5.41) is 5.39. The standard InChI is InChI=1S/C19H26N2O5/c1-5-25-18(24)26-15-8-6-14(7-9-15)17(23)21-13-12-20-16(22)10-11-19(2,3)4/h6-11H,5,12-13H2,1-4H3,(H,20,22)(H,21,23)/b11-10+. The topological polar surface area (TPSA) is 93.7 Å². The van der Waals surface area contributed by atoms with Gasteiger partial charge in [-0.05, 0) is 42.7 Å². The Kier molecular flexibility index (Phi) is 8.34. The molecule has 0 radical (unpaired) electrons. The maximum atomic E-state index is 12.0. The van der Waals surface area contributed by atoms with Gasteiger partial charge in [0.1, 0.15) is 5.75 Å². The Morgan fingerprint density at radius 1 is 1.04 bits per heavy atom. The quantitative estimate of drug-likeness (QED) is 0.337. The fourth-order valence-electron chi connectivity index (χ4n) is 1.77. The van der Waals surface area contributed by atoms with Crippen molar-refractivity contribution in [2.75, 3.05) is 19.7 Å². The summed E-state index contributed by atoms with van der Waals surface area (Å²) in [6.45, 7) is 8.53. The number of hydrogen-bond donors (Lipinski definition) is 2. The van der Waals surface area contributed by atoms with Gasteiger partial charge in [0, 0.05) is 18.7 Å². The minimum absolute atomic E-state index is 0.0608. The van der Waals surface area contributed by atoms with E-state index in [9.17, 15) is 14.4 Å². The van der Waals surface area contributed by atoms with Crippen molar-refractivity contribution >= 4 is 18.0 Å². The smallest absolute Gasteiger partial charge is 0.434 e. The molecule has 26 heavy (non-hydrogen) atoms. The van der Waals surface area contributed by atoms with E-state index in [1.807, 2.05) is 26.8 Å². The van der Waals surface area contributed by atoms with Gasteiger partial charge in [-0.3, -0.25) is 9.59 Å². The summed E-state index contributed by atoms with van der Waals surface area (Å²) in [7, 11) is 0. The van der Waals surface area contributed by atoms with Crippen LogP contribution in [0.25, 0.3) is 0 Å². The zero-order chi connectivity index (χ0) is 19.6. The number of ether oxygens (including phenoxy) is 2. The van der Waals surface area contributed by atoms with Crippen molar-refractivity contribution in [1.29, 1.82) is 0 Å². The third-order valence-corrected chi connectivity index (χ3v) is 3.02. The lowest BCUT2D eigenvalue weighted by Gasteiger charge is -2.11. The van der Waals surface area contributed by atoms with Crippen LogP contribution in [-0.4, -0.2) is 37.7 Å². The van der Waals surface area contributed by atoms with Crippen molar-refractivity contribution in [2.45, 2.75) is 27.7 Å². The molecule has 0 heterocycles. The van der Waals surface area contributed by atoms with Crippen LogP contribution >= 0.6 is 0 Å². The Balaban J connectivity index is 2.36. The Morgan fingerprint density at radius 2 is 1.65 bits per heavy atom. The normalized spacial score (nSPS) is 11.1. The van der Waals surface area contributed by atoms with E-state index in [-0.39, 0.29) is 29.6 Å². The Morgan fingerprint density at radius 3 is 2.23 bits per heavy atom. The van der Waals surface area contributed by atoms with Crippen molar-refractivity contribution in [3.63, 3.8) is 0 Å². The number of allylic oxidation sites excluding steroid dienone is 1. The van der Waals surface area contributed by atoms with Crippen LogP contribution in [0.5, 0.6) is 5.75 Å². The average molecular weight is 362 g/mol. The maximum Gasteiger partial charge on any atom is 0.513 e. The first-order valence-electron chi connectivity index (χ1n) is 8.41. The van der Waals surface area contributed by atoms with E-state index >= 15 is 0 Å². The molecule has 1 aromatic rings. The molecule has 0 aliphatic rings. The third-order valence-electron chi connectivity index (χ3n) is 3.02. The van der Waals surface area contributed by atoms with E-state index < -0.39 is 6.16 Å². The van der Waals surface area contributed by atoms with Crippen LogP contribution in [0.2, 0.25) is 0 Å². The van der Waals surface area contributed by atoms with Crippen molar-refractivity contribution < 1.29 is 23.9 Å². The Labute approximate surface area is 153 Å². The highest BCUT2D eigenvalue weighted by molar-refractivity contribution is 5.94. The van der Waals surface area contributed by atoms with Gasteiger partial charge in [0.25, 0.3) is 5.91 Å². The summed E-state index contributed by atoms with van der Waals surface area (Å²) in [4.78, 5) is 34.8. The summed E-state index contributed by atoms with van der Waals surface area (Å²) < 4.78 is 9.58. The molecule has 1 aromatic carbocycles. The van der Waals surface area contributed by atoms with Crippen LogP contribution in [0.15, 0.2) is 36.4 Å². The molecule has 1 rings (SSSR count). The van der Waals surface area contributed by atoms with Crippen LogP contribution in [0.4, 0.5) is 4.79 Å². The number of hydrogen-bond acceptors (Lipinski definition) is 5. The highest BCUT2D eigenvalue weighted by Gasteiger charge is 2.08. The number of benzene rings is 1. The van der Waals surface area contributed by atoms with Crippen LogP contribution in [0.3, 0.4) is 0 Å². The van der Waals surface area contributed by atoms with E-state index in [0.717, 1.165) is 0 Å². The zero-order valence-electron chi connectivity index (χ0n) is 15.6. The van der Waals surface area contributed by atoms with Gasteiger partial charge in [0.05, 0.1) is 6.61 Å². The van der Waals surface area contributed by atoms with Crippen molar-refractivity contribution in [3.8, 4) is 5.75 Å². The molecule has 0 saturated heterocycles. The van der Waals surface area contributed by atoms with Crippen molar-refractivity contribution in [1.82, 2.24) is 10.6 Å². The van der Waals surface area contributed by atoms with Gasteiger partial charge >= 0.3 is 6.16 Å². The number of carbonyl (C=O) groups excluding carboxylic acids is 3. The first-order valence-corrected chi connectivity index (χ1v) is 8.41. The first kappa shape index (κ1) is 21.2. The predicted octanol–water partition coefficient (Wildman–Crippen LogP) is 2.67. The molecule has 142 valence electrons. The summed E-state index contributed by atoms with van der Waals surface area (Å²) in [5.41, 5.74) is 0.356. The molecule has 0 bridgehead atoms. The summed E-state index contributed by atoms with van der Waals surface area (Å²) in [6.07, 6.45) is 2.52. The Bertz CT molecular complexity index is 645. The second kappa shape index (κ2) is 10.2. The first-order chi connectivity index (χ1) is 12.2. The molecule has 0 fully saturated rings. The SMILES string of the molecule is CCOC(=O)Oc1ccc(C(=O)NCCNC(=O)/C=C/C(C)(C)C)cc1. The molecule has 7 nitrogen and oxygen atoms in total. The lowest BCUT2D eigenvalue weighted by atomic mass is 9.96. The van der Waals surface area contributed by atoms with Crippen LogP contribution in [-0.2, 0) is 9.53 Å². The molecule has 0 atom stereocenters. The maximum absolute atomic E-state index is 12.0. The van der Waals surface area contributed by atoms with Gasteiger partial charge in [-0.2, -0.15) is 0 Å². The molecule has 0 unspecified atom stereocenters. The van der Waals surface area contributed by atoms with Crippen molar-refractivity contribution in [2.24, 2.45) is 5.41 Å². The minimum atomic E-state index is -0.791. The monoisotopic (exact) mass is 362 g/mol. The van der Waals surface area contributed by atoms with Gasteiger partial charge in [-0.25, -0.2) is 4.79 Å². The largest absolute Gasteiger partial charge is 0.513 e. The minimum Gasteiger partial charge on any atom is -0.434 e. The number of amides is 2. The van der Waals surface area contributed by atoms with E-state index in [2.05, 4.69) is 15.4 Å². The molecule has 2 N–H and O–H groups in total. The molecule has 0 aliphatic carbocycles. The predicted molar refractivity (Wildman–Crippen MR) is 98.0 cm³/mol. The van der Waals surface area contributed by atoms with E-state index in [1.54, 1.807) is 6.92 Å². The van der Waals surface area contributed by atoms with Crippen LogP contribution < -0.4 is 15.4 Å². The Hall–Kier alpha value is -2.83. The lowest BCUT2D eigenvalue weighted by Crippen LogP contribution is -2.34. The number of nitrogens with one attached hydrogen (secondary N) is 2. The number of carbonyl (C=O) groups is 3. The molecule has 2 amide bonds. The summed E-state index contributed by atoms with van der Waals surface area (Å²) in [5.74, 6) is -0.195. The van der Waals surface area contributed by atoms with Crippen molar-refractivity contribution in [3.05, 3.63) is 42.0 Å². The third kappa shape index (κ3) is 8.86. The van der Waals surface area contributed by atoms with Gasteiger partial charge in [-0.1, -0.05) is 26.8 Å². The fourth-order valence-corrected chi connectivity index (χ4v) is 1.77. The summed E-state index contributed by atoms with van der Waals surface area (Å²) >= 11 is 0. The average Bonchev–Trinajstić information content (AvgIpc) is 2.57. The van der Waals surface area contributed by atoms with Crippen LogP contribution in [0, 0.1) is 5.41 Å². The highest BCUT2D eigenvalue weighted by Crippen LogP contribution is 2.14. The second-order valence-corrected chi connectivity index (χ2v) is 6.56. The van der Waals surface area contributed by atoms with E-state index in [4.69, 9.17) is 4.74 Å². The molecular weight excluding hydrogens is 336 g/mol.